The van der Waals surface area contributed by atoms with E-state index in [1.54, 1.807) is 24.5 Å². The highest BCUT2D eigenvalue weighted by molar-refractivity contribution is 7.90. The number of carbonyl (C=O) groups excluding carboxylic acids is 1. The lowest BCUT2D eigenvalue weighted by atomic mass is 9.97. The van der Waals surface area contributed by atoms with Crippen molar-refractivity contribution in [2.24, 2.45) is 5.92 Å². The van der Waals surface area contributed by atoms with Crippen LogP contribution in [0.1, 0.15) is 37.6 Å². The van der Waals surface area contributed by atoms with Crippen molar-refractivity contribution in [2.75, 3.05) is 17.2 Å². The van der Waals surface area contributed by atoms with Gasteiger partial charge in [-0.2, -0.15) is 0 Å². The van der Waals surface area contributed by atoms with Crippen LogP contribution in [0.15, 0.2) is 72.0 Å². The van der Waals surface area contributed by atoms with Gasteiger partial charge in [0.25, 0.3) is 15.9 Å². The van der Waals surface area contributed by atoms with Crippen molar-refractivity contribution >= 4 is 38.3 Å². The van der Waals surface area contributed by atoms with E-state index in [1.165, 1.54) is 18.3 Å². The van der Waals surface area contributed by atoms with Gasteiger partial charge >= 0.3 is 0 Å². The van der Waals surface area contributed by atoms with Crippen molar-refractivity contribution in [3.05, 3.63) is 72.7 Å². The van der Waals surface area contributed by atoms with Crippen molar-refractivity contribution in [1.29, 1.82) is 0 Å². The molecule has 4 heterocycles. The van der Waals surface area contributed by atoms with Crippen molar-refractivity contribution in [2.45, 2.75) is 37.6 Å². The fourth-order valence-corrected chi connectivity index (χ4v) is 6.17. The number of nitrogens with one attached hydrogen (secondary N) is 1. The largest absolute Gasteiger partial charge is 0.383 e. The summed E-state index contributed by atoms with van der Waals surface area (Å²) in [7, 11) is -4.25. The monoisotopic (exact) mass is 516 g/mol. The highest BCUT2D eigenvalue weighted by atomic mass is 32.2. The second kappa shape index (κ2) is 9.11. The molecule has 0 spiro atoms. The summed E-state index contributed by atoms with van der Waals surface area (Å²) < 4.78 is 28.1. The number of amides is 1. The zero-order valence-electron chi connectivity index (χ0n) is 20.8. The number of nitrogens with two attached hydrogens (primary N) is 1. The van der Waals surface area contributed by atoms with Crippen molar-refractivity contribution < 1.29 is 13.2 Å². The minimum absolute atomic E-state index is 0.158. The topological polar surface area (TPSA) is 131 Å². The van der Waals surface area contributed by atoms with Crippen LogP contribution in [-0.2, 0) is 10.0 Å². The second-order valence-corrected chi connectivity index (χ2v) is 11.7. The fourth-order valence-electron chi connectivity index (χ4n) is 5.12. The van der Waals surface area contributed by atoms with E-state index in [9.17, 15) is 13.2 Å². The molecule has 0 unspecified atom stereocenters. The third-order valence-corrected chi connectivity index (χ3v) is 8.09. The average Bonchev–Trinajstić information content (AvgIpc) is 3.14. The van der Waals surface area contributed by atoms with Crippen LogP contribution in [0.2, 0.25) is 0 Å². The van der Waals surface area contributed by atoms with Crippen LogP contribution in [0.25, 0.3) is 22.0 Å². The van der Waals surface area contributed by atoms with Crippen LogP contribution in [0.5, 0.6) is 0 Å². The summed E-state index contributed by atoms with van der Waals surface area (Å²) in [4.78, 5) is 28.4. The van der Waals surface area contributed by atoms with Crippen LogP contribution in [0.4, 0.5) is 11.6 Å². The molecule has 3 aromatic heterocycles. The highest BCUT2D eigenvalue weighted by Crippen LogP contribution is 2.39. The Hall–Kier alpha value is -4.05. The minimum atomic E-state index is -4.25. The van der Waals surface area contributed by atoms with Crippen molar-refractivity contribution in [3.63, 3.8) is 0 Å². The van der Waals surface area contributed by atoms with E-state index in [-0.39, 0.29) is 21.8 Å². The number of pyridine rings is 3. The van der Waals surface area contributed by atoms with Crippen LogP contribution in [0.3, 0.4) is 0 Å². The smallest absolute Gasteiger partial charge is 0.268 e. The molecule has 0 saturated carbocycles. The van der Waals surface area contributed by atoms with Crippen LogP contribution in [0, 0.1) is 5.92 Å². The summed E-state index contributed by atoms with van der Waals surface area (Å²) in [5.41, 5.74) is 7.10. The van der Waals surface area contributed by atoms with Gasteiger partial charge in [-0.1, -0.05) is 31.2 Å². The maximum Gasteiger partial charge on any atom is 0.268 e. The first-order valence-corrected chi connectivity index (χ1v) is 13.4. The van der Waals surface area contributed by atoms with E-state index in [4.69, 9.17) is 10.7 Å². The molecule has 0 radical (unpaired) electrons. The number of sulfonamides is 1. The molecule has 0 bridgehead atoms. The van der Waals surface area contributed by atoms with Gasteiger partial charge in [-0.05, 0) is 55.8 Å². The summed E-state index contributed by atoms with van der Waals surface area (Å²) >= 11 is 0. The molecule has 10 heteroatoms. The molecule has 190 valence electrons. The number of nitrogen functional groups attached to an aromatic ring is 1. The Bertz CT molecular complexity index is 1610. The van der Waals surface area contributed by atoms with Gasteiger partial charge in [0.05, 0.1) is 11.3 Å². The number of fused-ring (bicyclic) bond motifs is 1. The molecule has 1 aromatic carbocycles. The highest BCUT2D eigenvalue weighted by Gasteiger charge is 2.39. The third-order valence-electron chi connectivity index (χ3n) is 6.71. The number of hydrogen-bond donors (Lipinski definition) is 2. The first kappa shape index (κ1) is 24.6. The van der Waals surface area contributed by atoms with Crippen LogP contribution in [-0.4, -0.2) is 41.4 Å². The summed E-state index contributed by atoms with van der Waals surface area (Å²) in [5.74, 6) is -0.181. The van der Waals surface area contributed by atoms with Crippen molar-refractivity contribution in [1.82, 2.24) is 19.7 Å². The molecule has 1 fully saturated rings. The van der Waals surface area contributed by atoms with Gasteiger partial charge in [0.2, 0.25) is 0 Å². The predicted molar refractivity (Wildman–Crippen MR) is 143 cm³/mol. The molecule has 1 aliphatic heterocycles. The Labute approximate surface area is 215 Å². The minimum Gasteiger partial charge on any atom is -0.383 e. The lowest BCUT2D eigenvalue weighted by molar-refractivity contribution is 0.0981. The van der Waals surface area contributed by atoms with Gasteiger partial charge in [-0.25, -0.2) is 23.1 Å². The Kier molecular flexibility index (Phi) is 6.07. The zero-order valence-corrected chi connectivity index (χ0v) is 21.7. The number of aromatic nitrogens is 3. The van der Waals surface area contributed by atoms with E-state index in [2.05, 4.69) is 40.4 Å². The maximum absolute atomic E-state index is 13.4. The van der Waals surface area contributed by atoms with Gasteiger partial charge in [0.15, 0.2) is 0 Å². The van der Waals surface area contributed by atoms with Gasteiger partial charge in [-0.3, -0.25) is 9.78 Å². The molecule has 3 N–H and O–H groups in total. The standard InChI is InChI=1S/C27H28N6O3S/c1-17-13-27(2,3)33(16-17)25-20(26(34)32-37(35,36)23-9-6-12-30-24(23)28)10-11-22(31-25)21-15-29-14-18-7-4-5-8-19(18)21/h4-12,14-15,17H,13,16H2,1-3H3,(H2,28,30)(H,32,34)/t17-/m0/s1. The first-order valence-electron chi connectivity index (χ1n) is 12.0. The summed E-state index contributed by atoms with van der Waals surface area (Å²) in [5, 5.41) is 1.96. The molecule has 1 aliphatic rings. The Morgan fingerprint density at radius 3 is 2.62 bits per heavy atom. The number of nitrogens with zero attached hydrogens (tertiary/aromatic N) is 4. The zero-order chi connectivity index (χ0) is 26.4. The summed E-state index contributed by atoms with van der Waals surface area (Å²) in [6.07, 6.45) is 5.83. The number of benzene rings is 1. The molecule has 9 nitrogen and oxygen atoms in total. The van der Waals surface area contributed by atoms with E-state index >= 15 is 0 Å². The van der Waals surface area contributed by atoms with Crippen LogP contribution < -0.4 is 15.4 Å². The molecule has 1 saturated heterocycles. The fraction of sp³-hybridized carbons (Fsp3) is 0.259. The number of anilines is 2. The van der Waals surface area contributed by atoms with E-state index in [0.29, 0.717) is 24.0 Å². The molecule has 37 heavy (non-hydrogen) atoms. The molecule has 1 amide bonds. The third kappa shape index (κ3) is 4.60. The summed E-state index contributed by atoms with van der Waals surface area (Å²) in [6.45, 7) is 7.02. The Morgan fingerprint density at radius 1 is 1.11 bits per heavy atom. The number of hydrogen-bond acceptors (Lipinski definition) is 8. The SMILES string of the molecule is C[C@@H]1CN(c2nc(-c3cncc4ccccc34)ccc2C(=O)NS(=O)(=O)c2cccnc2N)C(C)(C)C1. The maximum atomic E-state index is 13.4. The molecule has 4 aromatic rings. The normalized spacial score (nSPS) is 17.2. The molecule has 1 atom stereocenters. The Balaban J connectivity index is 1.62. The first-order chi connectivity index (χ1) is 17.6. The second-order valence-electron chi connectivity index (χ2n) is 10.0. The van der Waals surface area contributed by atoms with Crippen LogP contribution >= 0.6 is 0 Å². The molecule has 0 aliphatic carbocycles. The lowest BCUT2D eigenvalue weighted by Gasteiger charge is -2.34. The van der Waals surface area contributed by atoms with Gasteiger partial charge in [0, 0.05) is 41.6 Å². The Morgan fingerprint density at radius 2 is 1.89 bits per heavy atom. The van der Waals surface area contributed by atoms with Gasteiger partial charge in [-0.15, -0.1) is 0 Å². The van der Waals surface area contributed by atoms with E-state index < -0.39 is 15.9 Å². The lowest BCUT2D eigenvalue weighted by Crippen LogP contribution is -2.41. The van der Waals surface area contributed by atoms with Gasteiger partial charge in [0.1, 0.15) is 16.5 Å². The summed E-state index contributed by atoms with van der Waals surface area (Å²) in [6, 6.07) is 14.0. The quantitative estimate of drug-likeness (QED) is 0.407. The van der Waals surface area contributed by atoms with Gasteiger partial charge < -0.3 is 10.6 Å². The number of rotatable bonds is 5. The molecule has 5 rings (SSSR count). The molecular weight excluding hydrogens is 488 g/mol. The predicted octanol–water partition coefficient (Wildman–Crippen LogP) is 4.02. The van der Waals surface area contributed by atoms with E-state index in [1.807, 2.05) is 24.3 Å². The molecular formula is C27H28N6O3S. The number of carbonyl (C=O) groups is 1. The average molecular weight is 517 g/mol. The van der Waals surface area contributed by atoms with E-state index in [0.717, 1.165) is 22.8 Å². The van der Waals surface area contributed by atoms with Crippen molar-refractivity contribution in [3.8, 4) is 11.3 Å².